The molecule has 3 N–H and O–H groups in total. The average molecular weight is 394 g/mol. The van der Waals surface area contributed by atoms with Crippen LogP contribution in [0.3, 0.4) is 0 Å². The summed E-state index contributed by atoms with van der Waals surface area (Å²) >= 11 is 0. The molecule has 1 aromatic heterocycles. The van der Waals surface area contributed by atoms with Gasteiger partial charge in [0.15, 0.2) is 0 Å². The Morgan fingerprint density at radius 2 is 1.48 bits per heavy atom. The minimum absolute atomic E-state index is 0.0411. The minimum atomic E-state index is -0.158. The molecule has 2 aromatic rings. The van der Waals surface area contributed by atoms with Crippen molar-refractivity contribution < 1.29 is 14.4 Å². The minimum Gasteiger partial charge on any atom is -0.352 e. The van der Waals surface area contributed by atoms with Crippen LogP contribution in [-0.4, -0.2) is 22.7 Å². The summed E-state index contributed by atoms with van der Waals surface area (Å²) in [6, 6.07) is 10.8. The molecule has 1 aliphatic carbocycles. The van der Waals surface area contributed by atoms with Crippen LogP contribution in [0.15, 0.2) is 48.8 Å². The Morgan fingerprint density at radius 3 is 2.10 bits per heavy atom. The van der Waals surface area contributed by atoms with Crippen molar-refractivity contribution in [2.24, 2.45) is 11.8 Å². The Bertz CT molecular complexity index is 861. The van der Waals surface area contributed by atoms with E-state index >= 15 is 0 Å². The summed E-state index contributed by atoms with van der Waals surface area (Å²) in [7, 11) is 0. The van der Waals surface area contributed by atoms with Crippen LogP contribution in [0, 0.1) is 11.8 Å². The lowest BCUT2D eigenvalue weighted by Gasteiger charge is -2.27. The molecule has 0 atom stereocenters. The van der Waals surface area contributed by atoms with Crippen LogP contribution in [-0.2, 0) is 20.9 Å². The second kappa shape index (κ2) is 9.82. The maximum absolute atomic E-state index is 12.6. The summed E-state index contributed by atoms with van der Waals surface area (Å²) in [6.07, 6.45) is 6.18. The third-order valence-electron chi connectivity index (χ3n) is 5.14. The molecule has 152 valence electrons. The predicted molar refractivity (Wildman–Crippen MR) is 111 cm³/mol. The molecule has 1 aliphatic rings. The third-order valence-corrected chi connectivity index (χ3v) is 5.14. The molecule has 1 aromatic carbocycles. The van der Waals surface area contributed by atoms with Gasteiger partial charge >= 0.3 is 0 Å². The number of carbonyl (C=O) groups excluding carboxylic acids is 3. The first-order chi connectivity index (χ1) is 14.0. The van der Waals surface area contributed by atoms with Crippen molar-refractivity contribution in [2.45, 2.75) is 39.2 Å². The number of carbonyl (C=O) groups is 3. The number of nitrogens with one attached hydrogen (secondary N) is 3. The van der Waals surface area contributed by atoms with E-state index in [1.54, 1.807) is 36.7 Å². The lowest BCUT2D eigenvalue weighted by molar-refractivity contribution is -0.128. The van der Waals surface area contributed by atoms with E-state index in [4.69, 9.17) is 0 Å². The van der Waals surface area contributed by atoms with Crippen LogP contribution in [0.2, 0.25) is 0 Å². The number of hydrogen-bond donors (Lipinski definition) is 3. The highest BCUT2D eigenvalue weighted by Crippen LogP contribution is 2.30. The molecular weight excluding hydrogens is 368 g/mol. The van der Waals surface area contributed by atoms with Crippen LogP contribution in [0.25, 0.3) is 0 Å². The quantitative estimate of drug-likeness (QED) is 0.701. The van der Waals surface area contributed by atoms with E-state index in [9.17, 15) is 14.4 Å². The van der Waals surface area contributed by atoms with E-state index in [0.29, 0.717) is 43.6 Å². The molecule has 1 saturated carbocycles. The molecule has 29 heavy (non-hydrogen) atoms. The zero-order valence-corrected chi connectivity index (χ0v) is 16.5. The molecule has 0 aliphatic heterocycles. The van der Waals surface area contributed by atoms with Gasteiger partial charge in [0.2, 0.25) is 17.7 Å². The smallest absolute Gasteiger partial charge is 0.227 e. The van der Waals surface area contributed by atoms with Crippen molar-refractivity contribution >= 4 is 29.1 Å². The van der Waals surface area contributed by atoms with E-state index < -0.39 is 0 Å². The van der Waals surface area contributed by atoms with Gasteiger partial charge in [0.05, 0.1) is 0 Å². The number of rotatable bonds is 6. The number of hydrogen-bond acceptors (Lipinski definition) is 4. The summed E-state index contributed by atoms with van der Waals surface area (Å²) in [5.41, 5.74) is 2.31. The maximum Gasteiger partial charge on any atom is 0.227 e. The molecule has 0 spiro atoms. The van der Waals surface area contributed by atoms with Crippen molar-refractivity contribution in [2.75, 3.05) is 10.6 Å². The van der Waals surface area contributed by atoms with Crippen molar-refractivity contribution in [1.82, 2.24) is 10.3 Å². The monoisotopic (exact) mass is 394 g/mol. The fraction of sp³-hybridized carbons (Fsp3) is 0.364. The van der Waals surface area contributed by atoms with E-state index in [0.717, 1.165) is 5.56 Å². The molecule has 7 nitrogen and oxygen atoms in total. The molecule has 1 heterocycles. The number of aromatic nitrogens is 1. The SMILES string of the molecule is CC(=O)Nc1cccc(NC(=O)C2CCC(C(=O)NCc3ccncc3)CC2)c1. The standard InChI is InChI=1S/C22H26N4O3/c1-15(27)25-19-3-2-4-20(13-19)26-22(29)18-7-5-17(6-8-18)21(28)24-14-16-9-11-23-12-10-16/h2-4,9-13,17-18H,5-8,14H2,1H3,(H,24,28)(H,25,27)(H,26,29). The lowest BCUT2D eigenvalue weighted by atomic mass is 9.81. The Kier molecular flexibility index (Phi) is 6.94. The molecule has 0 radical (unpaired) electrons. The number of benzene rings is 1. The lowest BCUT2D eigenvalue weighted by Crippen LogP contribution is -2.35. The van der Waals surface area contributed by atoms with Gasteiger partial charge in [0, 0.05) is 49.1 Å². The second-order valence-electron chi connectivity index (χ2n) is 7.37. The Balaban J connectivity index is 1.45. The third kappa shape index (κ3) is 6.14. The van der Waals surface area contributed by atoms with Crippen molar-refractivity contribution in [3.05, 3.63) is 54.4 Å². The Labute approximate surface area is 170 Å². The normalized spacial score (nSPS) is 18.5. The van der Waals surface area contributed by atoms with Crippen LogP contribution < -0.4 is 16.0 Å². The van der Waals surface area contributed by atoms with Gasteiger partial charge in [-0.05, 0) is 61.6 Å². The van der Waals surface area contributed by atoms with Gasteiger partial charge < -0.3 is 16.0 Å². The average Bonchev–Trinajstić information content (AvgIpc) is 2.72. The van der Waals surface area contributed by atoms with E-state index in [1.165, 1.54) is 6.92 Å². The highest BCUT2D eigenvalue weighted by Gasteiger charge is 2.29. The molecular formula is C22H26N4O3. The summed E-state index contributed by atoms with van der Waals surface area (Å²) in [5, 5.41) is 8.59. The van der Waals surface area contributed by atoms with Gasteiger partial charge in [-0.3, -0.25) is 19.4 Å². The second-order valence-corrected chi connectivity index (χ2v) is 7.37. The first-order valence-electron chi connectivity index (χ1n) is 9.86. The van der Waals surface area contributed by atoms with Crippen LogP contribution >= 0.6 is 0 Å². The highest BCUT2D eigenvalue weighted by atomic mass is 16.2. The number of nitrogens with zero attached hydrogens (tertiary/aromatic N) is 1. The molecule has 3 rings (SSSR count). The molecule has 3 amide bonds. The van der Waals surface area contributed by atoms with Gasteiger partial charge in [0.25, 0.3) is 0 Å². The predicted octanol–water partition coefficient (Wildman–Crippen LogP) is 3.10. The van der Waals surface area contributed by atoms with Gasteiger partial charge in [-0.2, -0.15) is 0 Å². The van der Waals surface area contributed by atoms with E-state index in [2.05, 4.69) is 20.9 Å². The van der Waals surface area contributed by atoms with Crippen molar-refractivity contribution in [3.63, 3.8) is 0 Å². The van der Waals surface area contributed by atoms with Gasteiger partial charge in [-0.1, -0.05) is 6.07 Å². The Hall–Kier alpha value is -3.22. The molecule has 1 fully saturated rings. The molecule has 0 unspecified atom stereocenters. The first-order valence-corrected chi connectivity index (χ1v) is 9.86. The Morgan fingerprint density at radius 1 is 0.897 bits per heavy atom. The fourth-order valence-electron chi connectivity index (χ4n) is 3.57. The molecule has 0 bridgehead atoms. The van der Waals surface area contributed by atoms with Gasteiger partial charge in [0.1, 0.15) is 0 Å². The molecule has 7 heteroatoms. The van der Waals surface area contributed by atoms with Crippen LogP contribution in [0.4, 0.5) is 11.4 Å². The van der Waals surface area contributed by atoms with Crippen LogP contribution in [0.1, 0.15) is 38.2 Å². The van der Waals surface area contributed by atoms with E-state index in [-0.39, 0.29) is 29.6 Å². The summed E-state index contributed by atoms with van der Waals surface area (Å²) < 4.78 is 0. The van der Waals surface area contributed by atoms with E-state index in [1.807, 2.05) is 12.1 Å². The summed E-state index contributed by atoms with van der Waals surface area (Å²) in [6.45, 7) is 1.93. The van der Waals surface area contributed by atoms with Crippen molar-refractivity contribution in [1.29, 1.82) is 0 Å². The summed E-state index contributed by atoms with van der Waals surface area (Å²) in [5.74, 6) is -0.314. The topological polar surface area (TPSA) is 100 Å². The van der Waals surface area contributed by atoms with Crippen molar-refractivity contribution in [3.8, 4) is 0 Å². The van der Waals surface area contributed by atoms with Gasteiger partial charge in [-0.25, -0.2) is 0 Å². The number of pyridine rings is 1. The highest BCUT2D eigenvalue weighted by molar-refractivity contribution is 5.94. The van der Waals surface area contributed by atoms with Crippen LogP contribution in [0.5, 0.6) is 0 Å². The number of anilines is 2. The zero-order chi connectivity index (χ0) is 20.6. The maximum atomic E-state index is 12.6. The fourth-order valence-corrected chi connectivity index (χ4v) is 3.57. The van der Waals surface area contributed by atoms with Gasteiger partial charge in [-0.15, -0.1) is 0 Å². The molecule has 0 saturated heterocycles. The zero-order valence-electron chi connectivity index (χ0n) is 16.5. The first kappa shape index (κ1) is 20.5. The number of amides is 3. The largest absolute Gasteiger partial charge is 0.352 e. The summed E-state index contributed by atoms with van der Waals surface area (Å²) in [4.78, 5) is 40.1.